The predicted molar refractivity (Wildman–Crippen MR) is 73.2 cm³/mol. The second-order valence-corrected chi connectivity index (χ2v) is 7.28. The van der Waals surface area contributed by atoms with Gasteiger partial charge in [0.05, 0.1) is 4.90 Å². The molecule has 0 radical (unpaired) electrons. The van der Waals surface area contributed by atoms with Crippen molar-refractivity contribution in [3.05, 3.63) is 18.2 Å². The van der Waals surface area contributed by atoms with E-state index in [1.165, 1.54) is 12.3 Å². The molecule has 1 aromatic carbocycles. The zero-order valence-electron chi connectivity index (χ0n) is 10.3. The molecular formula is C11H18N2O2S2. The number of rotatable bonds is 5. The monoisotopic (exact) mass is 274 g/mol. The van der Waals surface area contributed by atoms with E-state index < -0.39 is 9.84 Å². The Labute approximate surface area is 107 Å². The first-order chi connectivity index (χ1) is 7.80. The van der Waals surface area contributed by atoms with Gasteiger partial charge in [0.1, 0.15) is 0 Å². The fraction of sp³-hybridized carbons (Fsp3) is 0.455. The fourth-order valence-electron chi connectivity index (χ4n) is 1.23. The van der Waals surface area contributed by atoms with E-state index in [0.717, 1.165) is 17.2 Å². The minimum Gasteiger partial charge on any atom is -0.398 e. The van der Waals surface area contributed by atoms with Crippen molar-refractivity contribution in [2.45, 2.75) is 9.79 Å². The molecule has 0 aromatic heterocycles. The molecule has 0 fully saturated rings. The zero-order chi connectivity index (χ0) is 13.1. The lowest BCUT2D eigenvalue weighted by Crippen LogP contribution is -2.14. The van der Waals surface area contributed by atoms with Crippen LogP contribution in [0.15, 0.2) is 28.0 Å². The van der Waals surface area contributed by atoms with Crippen LogP contribution >= 0.6 is 11.8 Å². The maximum atomic E-state index is 11.3. The van der Waals surface area contributed by atoms with Crippen molar-refractivity contribution in [1.82, 2.24) is 4.90 Å². The predicted octanol–water partition coefficient (Wildman–Crippen LogP) is 1.33. The van der Waals surface area contributed by atoms with Crippen LogP contribution in [0.4, 0.5) is 5.69 Å². The summed E-state index contributed by atoms with van der Waals surface area (Å²) in [7, 11) is 0.848. The second kappa shape index (κ2) is 5.75. The minimum absolute atomic E-state index is 0.270. The molecule has 6 heteroatoms. The lowest BCUT2D eigenvalue weighted by atomic mass is 10.3. The Morgan fingerprint density at radius 1 is 1.35 bits per heavy atom. The van der Waals surface area contributed by atoms with Crippen LogP contribution in [0.3, 0.4) is 0 Å². The molecule has 0 unspecified atom stereocenters. The van der Waals surface area contributed by atoms with Gasteiger partial charge in [-0.05, 0) is 32.3 Å². The van der Waals surface area contributed by atoms with Gasteiger partial charge in [0, 0.05) is 29.1 Å². The maximum absolute atomic E-state index is 11.3. The Kier molecular flexibility index (Phi) is 4.85. The highest BCUT2D eigenvalue weighted by Gasteiger charge is 2.09. The van der Waals surface area contributed by atoms with E-state index in [1.54, 1.807) is 23.9 Å². The third-order valence-electron chi connectivity index (χ3n) is 2.21. The van der Waals surface area contributed by atoms with Gasteiger partial charge in [0.15, 0.2) is 9.84 Å². The standard InChI is InChI=1S/C11H18N2O2S2/c1-13(2)6-7-16-11-5-4-9(8-10(11)12)17(3,14)15/h4-5,8H,6-7,12H2,1-3H3. The largest absolute Gasteiger partial charge is 0.398 e. The van der Waals surface area contributed by atoms with E-state index in [-0.39, 0.29) is 4.90 Å². The number of thioether (sulfide) groups is 1. The summed E-state index contributed by atoms with van der Waals surface area (Å²) in [5.41, 5.74) is 6.36. The van der Waals surface area contributed by atoms with Crippen LogP contribution in [0.2, 0.25) is 0 Å². The molecular weight excluding hydrogens is 256 g/mol. The summed E-state index contributed by atoms with van der Waals surface area (Å²) in [6, 6.07) is 4.89. The summed E-state index contributed by atoms with van der Waals surface area (Å²) in [5, 5.41) is 0. The molecule has 4 nitrogen and oxygen atoms in total. The van der Waals surface area contributed by atoms with E-state index in [4.69, 9.17) is 5.73 Å². The smallest absolute Gasteiger partial charge is 0.175 e. The Morgan fingerprint density at radius 2 is 2.00 bits per heavy atom. The number of sulfone groups is 1. The Morgan fingerprint density at radius 3 is 2.47 bits per heavy atom. The second-order valence-electron chi connectivity index (χ2n) is 4.12. The Hall–Kier alpha value is -0.720. The van der Waals surface area contributed by atoms with E-state index >= 15 is 0 Å². The van der Waals surface area contributed by atoms with Crippen LogP contribution < -0.4 is 5.73 Å². The topological polar surface area (TPSA) is 63.4 Å². The molecule has 1 rings (SSSR count). The number of hydrogen-bond donors (Lipinski definition) is 1. The van der Waals surface area contributed by atoms with Crippen molar-refractivity contribution < 1.29 is 8.42 Å². The highest BCUT2D eigenvalue weighted by atomic mass is 32.2. The average molecular weight is 274 g/mol. The SMILES string of the molecule is CN(C)CCSc1ccc(S(C)(=O)=O)cc1N. The number of benzene rings is 1. The number of nitrogens with zero attached hydrogens (tertiary/aromatic N) is 1. The van der Waals surface area contributed by atoms with Crippen LogP contribution in [-0.4, -0.2) is 46.0 Å². The molecule has 0 aliphatic heterocycles. The van der Waals surface area contributed by atoms with Gasteiger partial charge in [-0.25, -0.2) is 8.42 Å². The molecule has 0 saturated carbocycles. The molecule has 17 heavy (non-hydrogen) atoms. The van der Waals surface area contributed by atoms with Crippen LogP contribution in [0.5, 0.6) is 0 Å². The Bertz CT molecular complexity index is 484. The van der Waals surface area contributed by atoms with Gasteiger partial charge in [-0.3, -0.25) is 0 Å². The van der Waals surface area contributed by atoms with Gasteiger partial charge in [-0.15, -0.1) is 11.8 Å². The minimum atomic E-state index is -3.17. The van der Waals surface area contributed by atoms with Gasteiger partial charge in [0.25, 0.3) is 0 Å². The first-order valence-corrected chi connectivity index (χ1v) is 8.05. The summed E-state index contributed by atoms with van der Waals surface area (Å²) >= 11 is 1.63. The molecule has 96 valence electrons. The molecule has 2 N–H and O–H groups in total. The zero-order valence-corrected chi connectivity index (χ0v) is 11.9. The number of anilines is 1. The van der Waals surface area contributed by atoms with Crippen LogP contribution in [0.1, 0.15) is 0 Å². The van der Waals surface area contributed by atoms with Crippen LogP contribution in [-0.2, 0) is 9.84 Å². The Balaban J connectivity index is 2.77. The summed E-state index contributed by atoms with van der Waals surface area (Å²) in [5.74, 6) is 0.926. The van der Waals surface area contributed by atoms with Crippen molar-refractivity contribution in [3.8, 4) is 0 Å². The highest BCUT2D eigenvalue weighted by Crippen LogP contribution is 2.27. The molecule has 0 bridgehead atoms. The summed E-state index contributed by atoms with van der Waals surface area (Å²) in [6.45, 7) is 0.956. The van der Waals surface area contributed by atoms with Gasteiger partial charge in [-0.2, -0.15) is 0 Å². The molecule has 1 aromatic rings. The van der Waals surface area contributed by atoms with E-state index in [9.17, 15) is 8.42 Å². The van der Waals surface area contributed by atoms with E-state index in [0.29, 0.717) is 5.69 Å². The molecule has 0 aliphatic rings. The quantitative estimate of drug-likeness (QED) is 0.648. The summed E-state index contributed by atoms with van der Waals surface area (Å²) < 4.78 is 22.7. The fourth-order valence-corrected chi connectivity index (χ4v) is 2.95. The van der Waals surface area contributed by atoms with Gasteiger partial charge < -0.3 is 10.6 Å². The molecule has 0 saturated heterocycles. The molecule has 0 spiro atoms. The molecule has 0 amide bonds. The number of nitrogens with two attached hydrogens (primary N) is 1. The van der Waals surface area contributed by atoms with Crippen LogP contribution in [0, 0.1) is 0 Å². The lowest BCUT2D eigenvalue weighted by molar-refractivity contribution is 0.437. The first-order valence-electron chi connectivity index (χ1n) is 5.18. The lowest BCUT2D eigenvalue weighted by Gasteiger charge is -2.10. The molecule has 0 atom stereocenters. The molecule has 0 aliphatic carbocycles. The average Bonchev–Trinajstić information content (AvgIpc) is 2.18. The summed E-state index contributed by atoms with van der Waals surface area (Å²) in [4.78, 5) is 3.29. The van der Waals surface area contributed by atoms with Crippen molar-refractivity contribution in [3.63, 3.8) is 0 Å². The van der Waals surface area contributed by atoms with Gasteiger partial charge >= 0.3 is 0 Å². The van der Waals surface area contributed by atoms with Crippen LogP contribution in [0.25, 0.3) is 0 Å². The van der Waals surface area contributed by atoms with Crippen molar-refractivity contribution in [1.29, 1.82) is 0 Å². The molecule has 0 heterocycles. The third kappa shape index (κ3) is 4.57. The first kappa shape index (κ1) is 14.3. The number of nitrogen functional groups attached to an aromatic ring is 1. The third-order valence-corrected chi connectivity index (χ3v) is 4.39. The normalized spacial score (nSPS) is 12.0. The van der Waals surface area contributed by atoms with Crippen molar-refractivity contribution in [2.75, 3.05) is 38.4 Å². The van der Waals surface area contributed by atoms with Gasteiger partial charge in [0.2, 0.25) is 0 Å². The van der Waals surface area contributed by atoms with Gasteiger partial charge in [-0.1, -0.05) is 0 Å². The number of hydrogen-bond acceptors (Lipinski definition) is 5. The van der Waals surface area contributed by atoms with E-state index in [2.05, 4.69) is 4.90 Å². The van der Waals surface area contributed by atoms with Crippen molar-refractivity contribution in [2.24, 2.45) is 0 Å². The summed E-state index contributed by atoms with van der Waals surface area (Å²) in [6.07, 6.45) is 1.18. The highest BCUT2D eigenvalue weighted by molar-refractivity contribution is 7.99. The van der Waals surface area contributed by atoms with E-state index in [1.807, 2.05) is 14.1 Å². The van der Waals surface area contributed by atoms with Crippen molar-refractivity contribution >= 4 is 27.3 Å². The maximum Gasteiger partial charge on any atom is 0.175 e.